The quantitative estimate of drug-likeness (QED) is 0.805. The van der Waals surface area contributed by atoms with Crippen molar-refractivity contribution in [2.75, 3.05) is 13.1 Å². The summed E-state index contributed by atoms with van der Waals surface area (Å²) < 4.78 is 27.1. The van der Waals surface area contributed by atoms with Crippen LogP contribution in [-0.4, -0.2) is 31.9 Å². The van der Waals surface area contributed by atoms with Gasteiger partial charge in [0.15, 0.2) is 0 Å². The summed E-state index contributed by atoms with van der Waals surface area (Å²) in [4.78, 5) is 0.354. The molecule has 1 aliphatic rings. The minimum Gasteiger partial charge on any atom is -0.327 e. The number of hydrogen-bond acceptors (Lipinski definition) is 3. The molecule has 6 heteroatoms. The zero-order chi connectivity index (χ0) is 12.5. The Morgan fingerprint density at radius 1 is 1.29 bits per heavy atom. The van der Waals surface area contributed by atoms with Crippen LogP contribution < -0.4 is 5.73 Å². The van der Waals surface area contributed by atoms with E-state index in [-0.39, 0.29) is 6.04 Å². The van der Waals surface area contributed by atoms with Gasteiger partial charge in [-0.05, 0) is 59.7 Å². The van der Waals surface area contributed by atoms with Gasteiger partial charge in [-0.15, -0.1) is 0 Å². The first-order valence-corrected chi connectivity index (χ1v) is 8.03. The normalized spacial score (nSPS) is 22.6. The molecule has 4 nitrogen and oxygen atoms in total. The highest BCUT2D eigenvalue weighted by Gasteiger charge is 2.28. The first kappa shape index (κ1) is 13.3. The van der Waals surface area contributed by atoms with Crippen LogP contribution in [0.5, 0.6) is 0 Å². The van der Waals surface area contributed by atoms with Crippen LogP contribution in [0.4, 0.5) is 0 Å². The molecule has 1 atom stereocenters. The van der Waals surface area contributed by atoms with Gasteiger partial charge >= 0.3 is 0 Å². The van der Waals surface area contributed by atoms with Crippen molar-refractivity contribution in [3.63, 3.8) is 0 Å². The molecule has 1 aromatic carbocycles. The van der Waals surface area contributed by atoms with Gasteiger partial charge in [-0.1, -0.05) is 0 Å². The van der Waals surface area contributed by atoms with Crippen molar-refractivity contribution < 1.29 is 8.42 Å². The Morgan fingerprint density at radius 2 is 1.94 bits per heavy atom. The average molecular weight is 366 g/mol. The Kier molecular flexibility index (Phi) is 4.06. The minimum atomic E-state index is -3.36. The predicted molar refractivity (Wildman–Crippen MR) is 75.1 cm³/mol. The van der Waals surface area contributed by atoms with E-state index in [0.29, 0.717) is 18.0 Å². The standard InChI is InChI=1S/C11H15IN2O2S/c12-9-3-5-11(6-4-9)17(15,16)14-7-1-2-10(13)8-14/h3-6,10H,1-2,7-8,13H2/t10-/m1/s1. The van der Waals surface area contributed by atoms with E-state index >= 15 is 0 Å². The van der Waals surface area contributed by atoms with Crippen LogP contribution in [0.3, 0.4) is 0 Å². The van der Waals surface area contributed by atoms with Gasteiger partial charge in [0.05, 0.1) is 4.90 Å². The third-order valence-electron chi connectivity index (χ3n) is 2.87. The summed E-state index contributed by atoms with van der Waals surface area (Å²) in [5.74, 6) is 0. The molecule has 1 fully saturated rings. The maximum Gasteiger partial charge on any atom is 0.243 e. The van der Waals surface area contributed by atoms with E-state index in [2.05, 4.69) is 22.6 Å². The summed E-state index contributed by atoms with van der Waals surface area (Å²) in [6.45, 7) is 0.996. The Labute approximate surface area is 115 Å². The van der Waals surface area contributed by atoms with Crippen LogP contribution >= 0.6 is 22.6 Å². The smallest absolute Gasteiger partial charge is 0.243 e. The van der Waals surface area contributed by atoms with Crippen LogP contribution in [0.2, 0.25) is 0 Å². The largest absolute Gasteiger partial charge is 0.327 e. The van der Waals surface area contributed by atoms with Crippen molar-refractivity contribution in [1.82, 2.24) is 4.31 Å². The Bertz CT molecular complexity index is 487. The molecule has 0 radical (unpaired) electrons. The molecule has 1 saturated heterocycles. The Hall–Kier alpha value is -0.180. The number of benzene rings is 1. The van der Waals surface area contributed by atoms with Crippen LogP contribution in [0, 0.1) is 3.57 Å². The first-order chi connectivity index (χ1) is 8.00. The van der Waals surface area contributed by atoms with Crippen molar-refractivity contribution in [2.24, 2.45) is 5.73 Å². The second kappa shape index (κ2) is 5.21. The monoisotopic (exact) mass is 366 g/mol. The molecule has 1 heterocycles. The molecule has 1 aromatic rings. The number of nitrogens with zero attached hydrogens (tertiary/aromatic N) is 1. The summed E-state index contributed by atoms with van der Waals surface area (Å²) >= 11 is 2.15. The lowest BCUT2D eigenvalue weighted by Crippen LogP contribution is -2.45. The minimum absolute atomic E-state index is 0.0395. The molecule has 17 heavy (non-hydrogen) atoms. The molecular weight excluding hydrogens is 351 g/mol. The van der Waals surface area contributed by atoms with Crippen molar-refractivity contribution in [2.45, 2.75) is 23.8 Å². The molecule has 2 rings (SSSR count). The van der Waals surface area contributed by atoms with Gasteiger partial charge in [-0.2, -0.15) is 4.31 Å². The SMILES string of the molecule is N[C@@H]1CCCN(S(=O)(=O)c2ccc(I)cc2)C1. The second-order valence-electron chi connectivity index (χ2n) is 4.22. The average Bonchev–Trinajstić information content (AvgIpc) is 2.29. The lowest BCUT2D eigenvalue weighted by atomic mass is 10.1. The number of sulfonamides is 1. The highest BCUT2D eigenvalue weighted by Crippen LogP contribution is 2.20. The molecule has 1 aliphatic heterocycles. The highest BCUT2D eigenvalue weighted by atomic mass is 127. The number of rotatable bonds is 2. The molecule has 0 aliphatic carbocycles. The fourth-order valence-electron chi connectivity index (χ4n) is 1.95. The predicted octanol–water partition coefficient (Wildman–Crippen LogP) is 1.40. The number of piperidine rings is 1. The molecule has 0 saturated carbocycles. The fraction of sp³-hybridized carbons (Fsp3) is 0.455. The Balaban J connectivity index is 2.26. The second-order valence-corrected chi connectivity index (χ2v) is 7.40. The molecule has 0 amide bonds. The summed E-state index contributed by atoms with van der Waals surface area (Å²) in [6.07, 6.45) is 1.74. The third kappa shape index (κ3) is 2.98. The lowest BCUT2D eigenvalue weighted by molar-refractivity contribution is 0.316. The molecule has 0 unspecified atom stereocenters. The molecule has 94 valence electrons. The van der Waals surface area contributed by atoms with Gasteiger partial charge in [0.25, 0.3) is 0 Å². The maximum absolute atomic E-state index is 12.3. The van der Waals surface area contributed by atoms with Crippen LogP contribution in [0.1, 0.15) is 12.8 Å². The van der Waals surface area contributed by atoms with Crippen molar-refractivity contribution in [3.05, 3.63) is 27.8 Å². The van der Waals surface area contributed by atoms with Crippen LogP contribution in [-0.2, 0) is 10.0 Å². The van der Waals surface area contributed by atoms with Crippen LogP contribution in [0.15, 0.2) is 29.2 Å². The van der Waals surface area contributed by atoms with Crippen molar-refractivity contribution in [3.8, 4) is 0 Å². The van der Waals surface area contributed by atoms with E-state index in [9.17, 15) is 8.42 Å². The zero-order valence-electron chi connectivity index (χ0n) is 9.34. The van der Waals surface area contributed by atoms with Crippen molar-refractivity contribution in [1.29, 1.82) is 0 Å². The van der Waals surface area contributed by atoms with E-state index in [0.717, 1.165) is 16.4 Å². The van der Waals surface area contributed by atoms with Gasteiger partial charge in [0.2, 0.25) is 10.0 Å². The van der Waals surface area contributed by atoms with E-state index in [1.807, 2.05) is 0 Å². The van der Waals surface area contributed by atoms with Crippen molar-refractivity contribution >= 4 is 32.6 Å². The maximum atomic E-state index is 12.3. The summed E-state index contributed by atoms with van der Waals surface area (Å²) in [5.41, 5.74) is 5.82. The number of halogens is 1. The molecule has 0 bridgehead atoms. The van der Waals surface area contributed by atoms with E-state index < -0.39 is 10.0 Å². The fourth-order valence-corrected chi connectivity index (χ4v) is 3.84. The molecule has 2 N–H and O–H groups in total. The van der Waals surface area contributed by atoms with E-state index in [1.165, 1.54) is 4.31 Å². The highest BCUT2D eigenvalue weighted by molar-refractivity contribution is 14.1. The zero-order valence-corrected chi connectivity index (χ0v) is 12.3. The van der Waals surface area contributed by atoms with E-state index in [4.69, 9.17) is 5.73 Å². The van der Waals surface area contributed by atoms with Gasteiger partial charge in [0.1, 0.15) is 0 Å². The number of hydrogen-bond donors (Lipinski definition) is 1. The first-order valence-electron chi connectivity index (χ1n) is 5.51. The summed E-state index contributed by atoms with van der Waals surface area (Å²) in [7, 11) is -3.36. The van der Waals surface area contributed by atoms with Gasteiger partial charge in [-0.3, -0.25) is 0 Å². The lowest BCUT2D eigenvalue weighted by Gasteiger charge is -2.29. The topological polar surface area (TPSA) is 63.4 Å². The van der Waals surface area contributed by atoms with Crippen LogP contribution in [0.25, 0.3) is 0 Å². The van der Waals surface area contributed by atoms with E-state index in [1.54, 1.807) is 24.3 Å². The van der Waals surface area contributed by atoms with Gasteiger partial charge < -0.3 is 5.73 Å². The van der Waals surface area contributed by atoms with Gasteiger partial charge in [-0.25, -0.2) is 8.42 Å². The third-order valence-corrected chi connectivity index (χ3v) is 5.47. The summed E-state index contributed by atoms with van der Waals surface area (Å²) in [5, 5.41) is 0. The number of nitrogens with two attached hydrogens (primary N) is 1. The Morgan fingerprint density at radius 3 is 2.53 bits per heavy atom. The molecule has 0 aromatic heterocycles. The molecule has 0 spiro atoms. The van der Waals surface area contributed by atoms with Gasteiger partial charge in [0, 0.05) is 22.7 Å². The summed E-state index contributed by atoms with van der Waals surface area (Å²) in [6, 6.07) is 6.87. The molecular formula is C11H15IN2O2S.